The van der Waals surface area contributed by atoms with Crippen LogP contribution in [0.2, 0.25) is 0 Å². The first-order chi connectivity index (χ1) is 14.9. The van der Waals surface area contributed by atoms with Crippen molar-refractivity contribution in [3.63, 3.8) is 0 Å². The molecule has 3 rings (SSSR count). The summed E-state index contributed by atoms with van der Waals surface area (Å²) in [5.41, 5.74) is 6.22. The molecule has 7 heteroatoms. The van der Waals surface area contributed by atoms with E-state index in [0.29, 0.717) is 36.1 Å². The maximum atomic E-state index is 8.34. The van der Waals surface area contributed by atoms with Crippen molar-refractivity contribution < 1.29 is 4.74 Å². The van der Waals surface area contributed by atoms with Crippen molar-refractivity contribution in [3.05, 3.63) is 59.7 Å². The summed E-state index contributed by atoms with van der Waals surface area (Å²) in [6.07, 6.45) is 3.58. The van der Waals surface area contributed by atoms with Gasteiger partial charge in [0.1, 0.15) is 5.69 Å². The van der Waals surface area contributed by atoms with Crippen LogP contribution in [0.15, 0.2) is 42.7 Å². The third kappa shape index (κ3) is 5.57. The highest BCUT2D eigenvalue weighted by atomic mass is 16.5. The molecule has 3 aromatic heterocycles. The van der Waals surface area contributed by atoms with Crippen LogP contribution in [0.3, 0.4) is 0 Å². The maximum absolute atomic E-state index is 8.34. The number of nitrogens with zero attached hydrogens (tertiary/aromatic N) is 3. The lowest BCUT2D eigenvalue weighted by molar-refractivity contribution is 0.328. The van der Waals surface area contributed by atoms with Gasteiger partial charge in [0.2, 0.25) is 5.88 Å². The van der Waals surface area contributed by atoms with Gasteiger partial charge in [-0.1, -0.05) is 6.07 Å². The molecule has 0 spiro atoms. The lowest BCUT2D eigenvalue weighted by Gasteiger charge is -2.21. The predicted molar refractivity (Wildman–Crippen MR) is 126 cm³/mol. The van der Waals surface area contributed by atoms with Gasteiger partial charge in [-0.05, 0) is 64.4 Å². The molecule has 0 aliphatic heterocycles. The van der Waals surface area contributed by atoms with E-state index in [2.05, 4.69) is 40.5 Å². The van der Waals surface area contributed by atoms with E-state index >= 15 is 0 Å². The smallest absolute Gasteiger partial charge is 0.222 e. The van der Waals surface area contributed by atoms with Gasteiger partial charge in [0.15, 0.2) is 0 Å². The topological polar surface area (TPSA) is 95.8 Å². The molecule has 0 atom stereocenters. The molecule has 3 N–H and O–H groups in total. The first-order valence-electron chi connectivity index (χ1n) is 10.5. The quantitative estimate of drug-likeness (QED) is 0.420. The van der Waals surface area contributed by atoms with Crippen LogP contribution < -0.4 is 15.4 Å². The van der Waals surface area contributed by atoms with E-state index in [1.54, 1.807) is 13.1 Å². The Morgan fingerprint density at radius 1 is 1.19 bits per heavy atom. The molecular weight excluding hydrogens is 388 g/mol. The first kappa shape index (κ1) is 22.2. The predicted octanol–water partition coefficient (Wildman–Crippen LogP) is 5.07. The zero-order valence-electron chi connectivity index (χ0n) is 18.8. The fraction of sp³-hybridized carbons (Fsp3) is 0.333. The fourth-order valence-electron chi connectivity index (χ4n) is 3.17. The molecule has 7 nitrogen and oxygen atoms in total. The molecule has 31 heavy (non-hydrogen) atoms. The minimum absolute atomic E-state index is 0.185. The number of hydrogen-bond donors (Lipinski definition) is 3. The molecule has 0 bridgehead atoms. The molecule has 0 fully saturated rings. The fourth-order valence-corrected chi connectivity index (χ4v) is 3.17. The number of rotatable bonds is 9. The SMILES string of the molecule is CCOc1ncccc1-c1cc(NCc2ccc(C)nc2)c(NC(C)C)c(C(C)=N)n1. The largest absolute Gasteiger partial charge is 0.477 e. The van der Waals surface area contributed by atoms with Gasteiger partial charge < -0.3 is 20.8 Å². The van der Waals surface area contributed by atoms with E-state index in [1.807, 2.05) is 44.3 Å². The average Bonchev–Trinajstić information content (AvgIpc) is 2.74. The highest BCUT2D eigenvalue weighted by Gasteiger charge is 2.18. The Bertz CT molecular complexity index is 1050. The third-order valence-corrected chi connectivity index (χ3v) is 4.59. The Balaban J connectivity index is 2.09. The molecular formula is C24H30N6O. The second-order valence-electron chi connectivity index (χ2n) is 7.65. The Morgan fingerprint density at radius 2 is 2.00 bits per heavy atom. The number of aryl methyl sites for hydroxylation is 1. The van der Waals surface area contributed by atoms with E-state index in [1.165, 1.54) is 0 Å². The molecule has 0 radical (unpaired) electrons. The first-order valence-corrected chi connectivity index (χ1v) is 10.5. The Hall–Kier alpha value is -3.48. The third-order valence-electron chi connectivity index (χ3n) is 4.59. The number of ether oxygens (including phenoxy) is 1. The molecule has 0 aromatic carbocycles. The summed E-state index contributed by atoms with van der Waals surface area (Å²) in [6.45, 7) is 10.9. The lowest BCUT2D eigenvalue weighted by atomic mass is 10.1. The van der Waals surface area contributed by atoms with Gasteiger partial charge in [0.05, 0.1) is 35.0 Å². The summed E-state index contributed by atoms with van der Waals surface area (Å²) in [6, 6.07) is 10.0. The molecule has 162 valence electrons. The lowest BCUT2D eigenvalue weighted by Crippen LogP contribution is -2.17. The molecule has 0 saturated heterocycles. The summed E-state index contributed by atoms with van der Waals surface area (Å²) in [4.78, 5) is 13.5. The average molecular weight is 419 g/mol. The van der Waals surface area contributed by atoms with Crippen molar-refractivity contribution >= 4 is 17.1 Å². The molecule has 3 heterocycles. The number of nitrogens with one attached hydrogen (secondary N) is 3. The van der Waals surface area contributed by atoms with E-state index in [9.17, 15) is 0 Å². The monoisotopic (exact) mass is 418 g/mol. The normalized spacial score (nSPS) is 10.8. The van der Waals surface area contributed by atoms with Crippen molar-refractivity contribution in [2.24, 2.45) is 0 Å². The minimum Gasteiger partial charge on any atom is -0.477 e. The highest BCUT2D eigenvalue weighted by molar-refractivity contribution is 6.03. The summed E-state index contributed by atoms with van der Waals surface area (Å²) in [5.74, 6) is 0.532. The van der Waals surface area contributed by atoms with Crippen molar-refractivity contribution in [2.75, 3.05) is 17.2 Å². The van der Waals surface area contributed by atoms with Gasteiger partial charge in [-0.2, -0.15) is 0 Å². The molecule has 0 unspecified atom stereocenters. The van der Waals surface area contributed by atoms with Gasteiger partial charge in [-0.3, -0.25) is 4.98 Å². The Morgan fingerprint density at radius 3 is 2.65 bits per heavy atom. The molecule has 0 saturated carbocycles. The van der Waals surface area contributed by atoms with E-state index in [4.69, 9.17) is 15.1 Å². The minimum atomic E-state index is 0.185. The number of anilines is 2. The zero-order valence-corrected chi connectivity index (χ0v) is 18.8. The Labute approximate surface area is 183 Å². The van der Waals surface area contributed by atoms with Gasteiger partial charge in [-0.25, -0.2) is 9.97 Å². The standard InChI is InChI=1S/C24H30N6O/c1-6-31-24-19(8-7-11-26-24)20-12-21(28-14-18-10-9-16(4)27-13-18)23(29-15(2)3)22(30-20)17(5)25/h7-13,15,25,29H,6,14H2,1-5H3,(H,28,30). The Kier molecular flexibility index (Phi) is 7.18. The van der Waals surface area contributed by atoms with Crippen LogP contribution in [0, 0.1) is 12.3 Å². The van der Waals surface area contributed by atoms with Gasteiger partial charge in [0, 0.05) is 30.7 Å². The second kappa shape index (κ2) is 10.0. The highest BCUT2D eigenvalue weighted by Crippen LogP contribution is 2.34. The molecule has 0 aliphatic carbocycles. The van der Waals surface area contributed by atoms with Gasteiger partial charge in [0.25, 0.3) is 0 Å². The van der Waals surface area contributed by atoms with Crippen LogP contribution in [-0.4, -0.2) is 33.3 Å². The van der Waals surface area contributed by atoms with Crippen LogP contribution in [0.4, 0.5) is 11.4 Å². The van der Waals surface area contributed by atoms with Crippen LogP contribution >= 0.6 is 0 Å². The van der Waals surface area contributed by atoms with Crippen LogP contribution in [-0.2, 0) is 6.54 Å². The number of pyridine rings is 3. The van der Waals surface area contributed by atoms with E-state index in [0.717, 1.165) is 28.2 Å². The molecule has 3 aromatic rings. The number of aromatic nitrogens is 3. The van der Waals surface area contributed by atoms with Crippen molar-refractivity contribution in [3.8, 4) is 17.1 Å². The van der Waals surface area contributed by atoms with Crippen LogP contribution in [0.25, 0.3) is 11.3 Å². The van der Waals surface area contributed by atoms with Crippen LogP contribution in [0.5, 0.6) is 5.88 Å². The van der Waals surface area contributed by atoms with E-state index < -0.39 is 0 Å². The second-order valence-corrected chi connectivity index (χ2v) is 7.65. The zero-order chi connectivity index (χ0) is 22.4. The maximum Gasteiger partial charge on any atom is 0.222 e. The van der Waals surface area contributed by atoms with Crippen molar-refractivity contribution in [1.29, 1.82) is 5.41 Å². The van der Waals surface area contributed by atoms with Gasteiger partial charge in [-0.15, -0.1) is 0 Å². The molecule has 0 aliphatic rings. The van der Waals surface area contributed by atoms with E-state index in [-0.39, 0.29) is 6.04 Å². The summed E-state index contributed by atoms with van der Waals surface area (Å²) in [7, 11) is 0. The van der Waals surface area contributed by atoms with Crippen molar-refractivity contribution in [1.82, 2.24) is 15.0 Å². The summed E-state index contributed by atoms with van der Waals surface area (Å²) in [5, 5.41) is 15.3. The van der Waals surface area contributed by atoms with Crippen LogP contribution in [0.1, 0.15) is 44.6 Å². The summed E-state index contributed by atoms with van der Waals surface area (Å²) >= 11 is 0. The van der Waals surface area contributed by atoms with Gasteiger partial charge >= 0.3 is 0 Å². The van der Waals surface area contributed by atoms with Crippen molar-refractivity contribution in [2.45, 2.75) is 47.2 Å². The molecule has 0 amide bonds. The summed E-state index contributed by atoms with van der Waals surface area (Å²) < 4.78 is 5.72. The number of hydrogen-bond acceptors (Lipinski definition) is 7.